The molecule has 10 heteroatoms. The van der Waals surface area contributed by atoms with Crippen LogP contribution in [0.2, 0.25) is 5.02 Å². The van der Waals surface area contributed by atoms with Crippen LogP contribution in [0.25, 0.3) is 10.2 Å². The Labute approximate surface area is 176 Å². The van der Waals surface area contributed by atoms with Gasteiger partial charge in [0, 0.05) is 24.0 Å². The van der Waals surface area contributed by atoms with Crippen LogP contribution >= 0.6 is 34.3 Å². The Morgan fingerprint density at radius 2 is 2.07 bits per heavy atom. The molecule has 4 rings (SSSR count). The van der Waals surface area contributed by atoms with Crippen LogP contribution in [0.3, 0.4) is 0 Å². The van der Waals surface area contributed by atoms with Crippen LogP contribution in [0.15, 0.2) is 39.9 Å². The number of likely N-dealkylation sites (tertiary alicyclic amines) is 1. The van der Waals surface area contributed by atoms with E-state index in [2.05, 4.69) is 4.72 Å². The Morgan fingerprint density at radius 3 is 2.79 bits per heavy atom. The summed E-state index contributed by atoms with van der Waals surface area (Å²) in [5.41, 5.74) is 0.911. The van der Waals surface area contributed by atoms with Gasteiger partial charge >= 0.3 is 0 Å². The lowest BCUT2D eigenvalue weighted by atomic mass is 9.97. The van der Waals surface area contributed by atoms with E-state index in [0.717, 1.165) is 39.4 Å². The van der Waals surface area contributed by atoms with Crippen molar-refractivity contribution in [2.24, 2.45) is 0 Å². The first-order chi connectivity index (χ1) is 13.4. The van der Waals surface area contributed by atoms with Gasteiger partial charge < -0.3 is 4.90 Å². The highest BCUT2D eigenvalue weighted by Crippen LogP contribution is 2.34. The van der Waals surface area contributed by atoms with Gasteiger partial charge in [-0.2, -0.15) is 0 Å². The lowest BCUT2D eigenvalue weighted by Gasteiger charge is -2.31. The number of carbonyl (C=O) groups is 1. The molecule has 0 unspecified atom stereocenters. The maximum absolute atomic E-state index is 12.4. The lowest BCUT2D eigenvalue weighted by Crippen LogP contribution is -2.43. The molecule has 1 N–H and O–H groups in total. The Balaban J connectivity index is 1.33. The number of piperidine rings is 1. The quantitative estimate of drug-likeness (QED) is 0.636. The molecule has 1 saturated heterocycles. The smallest absolute Gasteiger partial charge is 0.250 e. The molecule has 1 fully saturated rings. The molecule has 0 atom stereocenters. The number of nitrogens with one attached hydrogen (secondary N) is 1. The van der Waals surface area contributed by atoms with E-state index in [9.17, 15) is 13.2 Å². The number of amides is 1. The zero-order valence-corrected chi connectivity index (χ0v) is 18.0. The number of nitrogens with zero attached hydrogens (tertiary/aromatic N) is 2. The minimum Gasteiger partial charge on any atom is -0.342 e. The Bertz CT molecular complexity index is 1090. The van der Waals surface area contributed by atoms with Crippen LogP contribution in [0, 0.1) is 0 Å². The molecule has 3 aromatic rings. The van der Waals surface area contributed by atoms with E-state index in [4.69, 9.17) is 16.6 Å². The van der Waals surface area contributed by atoms with E-state index >= 15 is 0 Å². The van der Waals surface area contributed by atoms with Gasteiger partial charge in [-0.3, -0.25) is 4.79 Å². The fourth-order valence-electron chi connectivity index (χ4n) is 3.22. The van der Waals surface area contributed by atoms with Gasteiger partial charge in [0.15, 0.2) is 0 Å². The molecule has 0 saturated carbocycles. The molecule has 0 bridgehead atoms. The van der Waals surface area contributed by atoms with E-state index in [-0.39, 0.29) is 16.7 Å². The minimum absolute atomic E-state index is 0.199. The van der Waals surface area contributed by atoms with Crippen LogP contribution in [0.4, 0.5) is 0 Å². The third-order valence-corrected chi connectivity index (χ3v) is 8.97. The van der Waals surface area contributed by atoms with Gasteiger partial charge in [0.1, 0.15) is 4.21 Å². The molecule has 1 aliphatic rings. The highest BCUT2D eigenvalue weighted by molar-refractivity contribution is 7.91. The van der Waals surface area contributed by atoms with Gasteiger partial charge in [-0.25, -0.2) is 18.1 Å². The average molecular weight is 456 g/mol. The minimum atomic E-state index is -3.62. The van der Waals surface area contributed by atoms with Crippen LogP contribution in [0.1, 0.15) is 23.8 Å². The monoisotopic (exact) mass is 455 g/mol. The number of halogens is 1. The van der Waals surface area contributed by atoms with Crippen molar-refractivity contribution in [3.05, 3.63) is 45.7 Å². The summed E-state index contributed by atoms with van der Waals surface area (Å²) in [5, 5.41) is 3.44. The molecular formula is C18H18ClN3O3S3. The van der Waals surface area contributed by atoms with Crippen molar-refractivity contribution >= 4 is 60.4 Å². The van der Waals surface area contributed by atoms with Crippen LogP contribution in [-0.4, -0.2) is 43.8 Å². The Morgan fingerprint density at radius 1 is 1.29 bits per heavy atom. The molecule has 0 spiro atoms. The standard InChI is InChI=1S/C18H18ClN3O3S3/c19-13-3-4-15-14(10-13)21-18(27-15)12-5-7-22(8-6-12)16(23)11-20-28(24,25)17-2-1-9-26-17/h1-4,9-10,12,20H,5-8,11H2. The zero-order valence-electron chi connectivity index (χ0n) is 14.8. The second kappa shape index (κ2) is 8.08. The van der Waals surface area contributed by atoms with E-state index in [1.54, 1.807) is 27.7 Å². The molecular weight excluding hydrogens is 438 g/mol. The summed E-state index contributed by atoms with van der Waals surface area (Å²) in [5.74, 6) is 0.109. The lowest BCUT2D eigenvalue weighted by molar-refractivity contribution is -0.130. The first-order valence-corrected chi connectivity index (χ1v) is 12.3. The molecule has 0 radical (unpaired) electrons. The first-order valence-electron chi connectivity index (χ1n) is 8.79. The van der Waals surface area contributed by atoms with E-state index < -0.39 is 10.0 Å². The summed E-state index contributed by atoms with van der Waals surface area (Å²) in [6.07, 6.45) is 1.63. The number of aromatic nitrogens is 1. The predicted molar refractivity (Wildman–Crippen MR) is 113 cm³/mol. The second-order valence-electron chi connectivity index (χ2n) is 6.58. The van der Waals surface area contributed by atoms with Crippen molar-refractivity contribution in [1.82, 2.24) is 14.6 Å². The maximum Gasteiger partial charge on any atom is 0.250 e. The van der Waals surface area contributed by atoms with Crippen molar-refractivity contribution in [2.75, 3.05) is 19.6 Å². The average Bonchev–Trinajstić information content (AvgIpc) is 3.36. The summed E-state index contributed by atoms with van der Waals surface area (Å²) in [6, 6.07) is 8.91. The molecule has 1 amide bonds. The number of thiazole rings is 1. The third kappa shape index (κ3) is 4.23. The van der Waals surface area contributed by atoms with Crippen molar-refractivity contribution in [1.29, 1.82) is 0 Å². The summed E-state index contributed by atoms with van der Waals surface area (Å²) in [7, 11) is -3.62. The number of benzene rings is 1. The summed E-state index contributed by atoms with van der Waals surface area (Å²) < 4.78 is 28.0. The number of hydrogen-bond acceptors (Lipinski definition) is 6. The number of rotatable bonds is 5. The van der Waals surface area contributed by atoms with Gasteiger partial charge in [-0.1, -0.05) is 17.7 Å². The van der Waals surface area contributed by atoms with Gasteiger partial charge in [0.25, 0.3) is 10.0 Å². The normalized spacial score (nSPS) is 16.0. The van der Waals surface area contributed by atoms with Gasteiger partial charge in [0.2, 0.25) is 5.91 Å². The number of thiophene rings is 1. The van der Waals surface area contributed by atoms with Crippen LogP contribution in [0.5, 0.6) is 0 Å². The SMILES string of the molecule is O=C(CNS(=O)(=O)c1cccs1)N1CCC(c2nc3cc(Cl)ccc3s2)CC1. The highest BCUT2D eigenvalue weighted by Gasteiger charge is 2.27. The number of sulfonamides is 1. The Hall–Kier alpha value is -1.52. The molecule has 2 aromatic heterocycles. The summed E-state index contributed by atoms with van der Waals surface area (Å²) in [4.78, 5) is 18.8. The van der Waals surface area contributed by atoms with Gasteiger partial charge in [-0.15, -0.1) is 22.7 Å². The molecule has 28 heavy (non-hydrogen) atoms. The fraction of sp³-hybridized carbons (Fsp3) is 0.333. The molecule has 6 nitrogen and oxygen atoms in total. The largest absolute Gasteiger partial charge is 0.342 e. The highest BCUT2D eigenvalue weighted by atomic mass is 35.5. The van der Waals surface area contributed by atoms with Crippen molar-refractivity contribution in [3.63, 3.8) is 0 Å². The van der Waals surface area contributed by atoms with Crippen molar-refractivity contribution in [2.45, 2.75) is 23.0 Å². The van der Waals surface area contributed by atoms with Gasteiger partial charge in [-0.05, 0) is 42.5 Å². The molecule has 148 valence electrons. The predicted octanol–water partition coefficient (Wildman–Crippen LogP) is 3.70. The fourth-order valence-corrected chi connectivity index (χ4v) is 6.52. The summed E-state index contributed by atoms with van der Waals surface area (Å²) >= 11 is 8.83. The van der Waals surface area contributed by atoms with E-state index in [1.807, 2.05) is 18.2 Å². The van der Waals surface area contributed by atoms with Gasteiger partial charge in [0.05, 0.1) is 21.8 Å². The number of hydrogen-bond donors (Lipinski definition) is 1. The van der Waals surface area contributed by atoms with Crippen molar-refractivity contribution < 1.29 is 13.2 Å². The molecule has 1 aliphatic heterocycles. The molecule has 1 aromatic carbocycles. The van der Waals surface area contributed by atoms with Crippen molar-refractivity contribution in [3.8, 4) is 0 Å². The van der Waals surface area contributed by atoms with Crippen LogP contribution < -0.4 is 4.72 Å². The van der Waals surface area contributed by atoms with E-state index in [1.165, 1.54) is 6.07 Å². The number of carbonyl (C=O) groups excluding carboxylic acids is 1. The van der Waals surface area contributed by atoms with Crippen LogP contribution in [-0.2, 0) is 14.8 Å². The Kier molecular flexibility index (Phi) is 5.71. The zero-order chi connectivity index (χ0) is 19.7. The summed E-state index contributed by atoms with van der Waals surface area (Å²) in [6.45, 7) is 0.979. The first kappa shape index (κ1) is 19.8. The maximum atomic E-state index is 12.4. The second-order valence-corrected chi connectivity index (χ2v) is 11.0. The molecule has 0 aliphatic carbocycles. The number of fused-ring (bicyclic) bond motifs is 1. The molecule has 3 heterocycles. The van der Waals surface area contributed by atoms with E-state index in [0.29, 0.717) is 24.0 Å². The topological polar surface area (TPSA) is 79.4 Å². The third-order valence-electron chi connectivity index (χ3n) is 4.74.